The Balaban J connectivity index is 2.40. The largest absolute Gasteiger partial charge is 0.0895 e. The monoisotopic (exact) mass is 115 g/mol. The van der Waals surface area contributed by atoms with E-state index in [0.29, 0.717) is 0 Å². The molecule has 0 aliphatic heterocycles. The van der Waals surface area contributed by atoms with Gasteiger partial charge in [0.1, 0.15) is 0 Å². The van der Waals surface area contributed by atoms with E-state index in [-0.39, 0.29) is 0 Å². The summed E-state index contributed by atoms with van der Waals surface area (Å²) < 4.78 is 0. The molecule has 1 rings (SSSR count). The number of hydrogen-bond donors (Lipinski definition) is 0. The fraction of sp³-hybridized carbons (Fsp3) is 0.500. The number of hydrogen-bond acceptors (Lipinski definition) is 0. The zero-order chi connectivity index (χ0) is 5.11. The standard InChI is InChI=1S/C6H8Cl/c7-6-4-2-1-3-5-6/h2,5H,1,3-4H2. The van der Waals surface area contributed by atoms with Crippen LogP contribution in [-0.2, 0) is 0 Å². The van der Waals surface area contributed by atoms with Crippen molar-refractivity contribution in [3.05, 3.63) is 17.5 Å². The second kappa shape index (κ2) is 2.37. The van der Waals surface area contributed by atoms with Gasteiger partial charge in [-0.15, -0.1) is 0 Å². The molecule has 0 spiro atoms. The zero-order valence-corrected chi connectivity index (χ0v) is 4.91. The van der Waals surface area contributed by atoms with Gasteiger partial charge in [0.15, 0.2) is 0 Å². The Bertz CT molecular complexity index is 84.2. The van der Waals surface area contributed by atoms with Gasteiger partial charge in [-0.3, -0.25) is 0 Å². The van der Waals surface area contributed by atoms with Gasteiger partial charge in [-0.05, 0) is 25.7 Å². The minimum Gasteiger partial charge on any atom is -0.0895 e. The molecule has 1 aliphatic rings. The normalized spacial score (nSPS) is 21.6. The van der Waals surface area contributed by atoms with Gasteiger partial charge in [-0.1, -0.05) is 17.7 Å². The van der Waals surface area contributed by atoms with Crippen molar-refractivity contribution >= 4 is 11.6 Å². The molecule has 0 heterocycles. The number of allylic oxidation sites excluding steroid dienone is 2. The SMILES string of the molecule is ClC1=CCC[CH]C1. The van der Waals surface area contributed by atoms with Crippen LogP contribution in [0.3, 0.4) is 0 Å². The van der Waals surface area contributed by atoms with Gasteiger partial charge in [0.25, 0.3) is 0 Å². The third-order valence-corrected chi connectivity index (χ3v) is 1.38. The van der Waals surface area contributed by atoms with Gasteiger partial charge in [-0.2, -0.15) is 0 Å². The molecule has 0 amide bonds. The molecule has 1 heteroatoms. The van der Waals surface area contributed by atoms with Crippen LogP contribution in [0.2, 0.25) is 0 Å². The summed E-state index contributed by atoms with van der Waals surface area (Å²) in [7, 11) is 0. The Morgan fingerprint density at radius 2 is 2.29 bits per heavy atom. The molecule has 0 saturated carbocycles. The highest BCUT2D eigenvalue weighted by molar-refractivity contribution is 6.29. The molecule has 0 unspecified atom stereocenters. The highest BCUT2D eigenvalue weighted by Gasteiger charge is 1.97. The summed E-state index contributed by atoms with van der Waals surface area (Å²) in [6, 6.07) is 0. The van der Waals surface area contributed by atoms with E-state index in [9.17, 15) is 0 Å². The Morgan fingerprint density at radius 3 is 2.57 bits per heavy atom. The highest BCUT2D eigenvalue weighted by Crippen LogP contribution is 2.18. The lowest BCUT2D eigenvalue weighted by Gasteiger charge is -2.03. The van der Waals surface area contributed by atoms with E-state index in [4.69, 9.17) is 11.6 Å². The van der Waals surface area contributed by atoms with E-state index in [0.717, 1.165) is 17.9 Å². The second-order valence-corrected chi connectivity index (χ2v) is 2.21. The lowest BCUT2D eigenvalue weighted by atomic mass is 10.1. The molecule has 0 atom stereocenters. The molecule has 0 bridgehead atoms. The van der Waals surface area contributed by atoms with Crippen LogP contribution in [0.1, 0.15) is 19.3 Å². The summed E-state index contributed by atoms with van der Waals surface area (Å²) in [6.07, 6.45) is 7.63. The molecular weight excluding hydrogens is 108 g/mol. The van der Waals surface area contributed by atoms with E-state index in [1.54, 1.807) is 0 Å². The van der Waals surface area contributed by atoms with Crippen molar-refractivity contribution in [2.45, 2.75) is 19.3 Å². The minimum absolute atomic E-state index is 0.988. The van der Waals surface area contributed by atoms with E-state index in [1.807, 2.05) is 0 Å². The molecule has 1 aliphatic carbocycles. The fourth-order valence-electron chi connectivity index (χ4n) is 0.681. The quantitative estimate of drug-likeness (QED) is 0.455. The summed E-state index contributed by atoms with van der Waals surface area (Å²) in [5.74, 6) is 0. The molecule has 1 radical (unpaired) electrons. The van der Waals surface area contributed by atoms with Crippen molar-refractivity contribution in [2.24, 2.45) is 0 Å². The predicted molar refractivity (Wildman–Crippen MR) is 32.1 cm³/mol. The van der Waals surface area contributed by atoms with Crippen molar-refractivity contribution in [2.75, 3.05) is 0 Å². The summed E-state index contributed by atoms with van der Waals surface area (Å²) >= 11 is 5.65. The predicted octanol–water partition coefficient (Wildman–Crippen LogP) is 2.50. The van der Waals surface area contributed by atoms with Gasteiger partial charge in [0, 0.05) is 5.03 Å². The first kappa shape index (κ1) is 5.17. The van der Waals surface area contributed by atoms with Crippen molar-refractivity contribution < 1.29 is 0 Å². The average molecular weight is 116 g/mol. The van der Waals surface area contributed by atoms with E-state index in [2.05, 4.69) is 12.5 Å². The van der Waals surface area contributed by atoms with Crippen LogP contribution in [0.25, 0.3) is 0 Å². The van der Waals surface area contributed by atoms with Crippen LogP contribution in [0.5, 0.6) is 0 Å². The van der Waals surface area contributed by atoms with E-state index >= 15 is 0 Å². The first-order valence-corrected chi connectivity index (χ1v) is 2.93. The summed E-state index contributed by atoms with van der Waals surface area (Å²) in [5, 5.41) is 1.01. The van der Waals surface area contributed by atoms with Gasteiger partial charge in [-0.25, -0.2) is 0 Å². The molecule has 0 aromatic heterocycles. The van der Waals surface area contributed by atoms with Crippen LogP contribution >= 0.6 is 11.6 Å². The summed E-state index contributed by atoms with van der Waals surface area (Å²) in [6.45, 7) is 0. The number of rotatable bonds is 0. The molecule has 0 saturated heterocycles. The molecule has 0 fully saturated rings. The maximum absolute atomic E-state index is 5.65. The molecule has 39 valence electrons. The zero-order valence-electron chi connectivity index (χ0n) is 4.15. The van der Waals surface area contributed by atoms with Gasteiger partial charge in [0.2, 0.25) is 0 Å². The first-order valence-electron chi connectivity index (χ1n) is 2.56. The highest BCUT2D eigenvalue weighted by atomic mass is 35.5. The number of halogens is 1. The topological polar surface area (TPSA) is 0 Å². The molecule has 0 N–H and O–H groups in total. The summed E-state index contributed by atoms with van der Waals surface area (Å²) in [4.78, 5) is 0. The van der Waals surface area contributed by atoms with Crippen molar-refractivity contribution in [1.29, 1.82) is 0 Å². The van der Waals surface area contributed by atoms with Crippen LogP contribution in [0, 0.1) is 6.42 Å². The third-order valence-electron chi connectivity index (χ3n) is 1.08. The van der Waals surface area contributed by atoms with Crippen molar-refractivity contribution in [3.63, 3.8) is 0 Å². The van der Waals surface area contributed by atoms with Gasteiger partial charge < -0.3 is 0 Å². The molecular formula is C6H8Cl. The first-order chi connectivity index (χ1) is 3.39. The molecule has 0 aromatic carbocycles. The Labute approximate surface area is 49.2 Å². The third kappa shape index (κ3) is 1.52. The average Bonchev–Trinajstić information content (AvgIpc) is 1.69. The maximum atomic E-state index is 5.65. The van der Waals surface area contributed by atoms with Crippen LogP contribution < -0.4 is 0 Å². The Hall–Kier alpha value is 0.0300. The Kier molecular flexibility index (Phi) is 1.75. The second-order valence-electron chi connectivity index (χ2n) is 1.72. The molecule has 0 aromatic rings. The fourth-order valence-corrected chi connectivity index (χ4v) is 0.899. The maximum Gasteiger partial charge on any atom is 0.0144 e. The minimum atomic E-state index is 0.988. The van der Waals surface area contributed by atoms with Gasteiger partial charge >= 0.3 is 0 Å². The van der Waals surface area contributed by atoms with Crippen molar-refractivity contribution in [3.8, 4) is 0 Å². The lowest BCUT2D eigenvalue weighted by Crippen LogP contribution is -1.84. The van der Waals surface area contributed by atoms with Crippen LogP contribution in [-0.4, -0.2) is 0 Å². The Morgan fingerprint density at radius 1 is 1.43 bits per heavy atom. The van der Waals surface area contributed by atoms with Crippen LogP contribution in [0.15, 0.2) is 11.1 Å². The van der Waals surface area contributed by atoms with E-state index < -0.39 is 0 Å². The van der Waals surface area contributed by atoms with Crippen molar-refractivity contribution in [1.82, 2.24) is 0 Å². The smallest absolute Gasteiger partial charge is 0.0144 e. The lowest BCUT2D eigenvalue weighted by molar-refractivity contribution is 0.883. The molecule has 7 heavy (non-hydrogen) atoms. The summed E-state index contributed by atoms with van der Waals surface area (Å²) in [5.41, 5.74) is 0. The van der Waals surface area contributed by atoms with Crippen LogP contribution in [0.4, 0.5) is 0 Å². The van der Waals surface area contributed by atoms with Gasteiger partial charge in [0.05, 0.1) is 0 Å². The molecule has 0 nitrogen and oxygen atoms in total. The van der Waals surface area contributed by atoms with E-state index in [1.165, 1.54) is 6.42 Å².